The van der Waals surface area contributed by atoms with Crippen LogP contribution >= 0.6 is 23.2 Å². The maximum absolute atomic E-state index is 13.0. The fourth-order valence-electron chi connectivity index (χ4n) is 3.27. The van der Waals surface area contributed by atoms with Gasteiger partial charge < -0.3 is 10.1 Å². The molecule has 0 aliphatic carbocycles. The first kappa shape index (κ1) is 24.3. The van der Waals surface area contributed by atoms with Crippen LogP contribution in [0.1, 0.15) is 37.4 Å². The highest BCUT2D eigenvalue weighted by Crippen LogP contribution is 2.32. The van der Waals surface area contributed by atoms with E-state index in [-0.39, 0.29) is 16.8 Å². The Labute approximate surface area is 188 Å². The number of aryl methyl sites for hydroxylation is 1. The fourth-order valence-corrected chi connectivity index (χ4v) is 4.87. The minimum absolute atomic E-state index is 0.155. The van der Waals surface area contributed by atoms with Gasteiger partial charge in [-0.2, -0.15) is 0 Å². The molecule has 164 valence electrons. The number of methoxy groups -OCH3 is 1. The summed E-state index contributed by atoms with van der Waals surface area (Å²) in [6.07, 6.45) is 1.65. The van der Waals surface area contributed by atoms with Crippen molar-refractivity contribution in [2.75, 3.05) is 17.7 Å². The van der Waals surface area contributed by atoms with Gasteiger partial charge in [0.2, 0.25) is 15.9 Å². The summed E-state index contributed by atoms with van der Waals surface area (Å²) >= 11 is 12.2. The Morgan fingerprint density at radius 1 is 1.20 bits per heavy atom. The number of rotatable bonds is 8. The van der Waals surface area contributed by atoms with Crippen LogP contribution in [0.4, 0.5) is 5.69 Å². The molecular weight excluding hydrogens is 447 g/mol. The number of anilines is 1. The van der Waals surface area contributed by atoms with E-state index in [0.717, 1.165) is 27.4 Å². The smallest absolute Gasteiger partial charge is 0.244 e. The molecule has 0 heterocycles. The van der Waals surface area contributed by atoms with Crippen LogP contribution in [0.15, 0.2) is 36.4 Å². The molecule has 0 saturated carbocycles. The van der Waals surface area contributed by atoms with Gasteiger partial charge in [0.1, 0.15) is 11.8 Å². The van der Waals surface area contributed by atoms with Crippen molar-refractivity contribution in [3.63, 3.8) is 0 Å². The quantitative estimate of drug-likeness (QED) is 0.602. The van der Waals surface area contributed by atoms with Crippen molar-refractivity contribution in [1.82, 2.24) is 5.32 Å². The van der Waals surface area contributed by atoms with Gasteiger partial charge in [-0.25, -0.2) is 8.42 Å². The van der Waals surface area contributed by atoms with E-state index in [1.807, 2.05) is 32.0 Å². The maximum atomic E-state index is 13.0. The number of ether oxygens (including phenoxy) is 1. The molecule has 0 aromatic heterocycles. The van der Waals surface area contributed by atoms with E-state index in [1.54, 1.807) is 13.2 Å². The highest BCUT2D eigenvalue weighted by atomic mass is 35.5. The second-order valence-corrected chi connectivity index (χ2v) is 9.73. The van der Waals surface area contributed by atoms with Crippen molar-refractivity contribution >= 4 is 44.8 Å². The number of halogens is 2. The van der Waals surface area contributed by atoms with E-state index in [1.165, 1.54) is 19.1 Å². The third kappa shape index (κ3) is 5.59. The highest BCUT2D eigenvalue weighted by Gasteiger charge is 2.31. The van der Waals surface area contributed by atoms with Crippen LogP contribution in [-0.4, -0.2) is 33.7 Å². The van der Waals surface area contributed by atoms with Crippen LogP contribution in [0.25, 0.3) is 0 Å². The number of nitrogens with zero attached hydrogens (tertiary/aromatic N) is 1. The predicted molar refractivity (Wildman–Crippen MR) is 122 cm³/mol. The Hall–Kier alpha value is -1.96. The lowest BCUT2D eigenvalue weighted by Gasteiger charge is -2.30. The van der Waals surface area contributed by atoms with Crippen molar-refractivity contribution in [1.29, 1.82) is 0 Å². The fraction of sp³-hybridized carbons (Fsp3) is 0.381. The zero-order valence-corrected chi connectivity index (χ0v) is 19.9. The predicted octanol–water partition coefficient (Wildman–Crippen LogP) is 4.73. The normalized spacial score (nSPS) is 13.4. The summed E-state index contributed by atoms with van der Waals surface area (Å²) in [6, 6.07) is 8.82. The highest BCUT2D eigenvalue weighted by molar-refractivity contribution is 7.92. The molecule has 0 saturated heterocycles. The first-order valence-corrected chi connectivity index (χ1v) is 12.0. The van der Waals surface area contributed by atoms with Gasteiger partial charge in [0.25, 0.3) is 0 Å². The van der Waals surface area contributed by atoms with Crippen LogP contribution in [0.5, 0.6) is 5.75 Å². The lowest BCUT2D eigenvalue weighted by Crippen LogP contribution is -2.48. The lowest BCUT2D eigenvalue weighted by atomic mass is 10.0. The molecule has 0 aliphatic heterocycles. The summed E-state index contributed by atoms with van der Waals surface area (Å²) in [7, 11) is -2.21. The number of nitrogens with one attached hydrogen (secondary N) is 1. The number of hydrogen-bond donors (Lipinski definition) is 1. The van der Waals surface area contributed by atoms with Gasteiger partial charge in [-0.3, -0.25) is 9.10 Å². The number of benzene rings is 2. The Balaban J connectivity index is 2.34. The third-order valence-corrected chi connectivity index (χ3v) is 6.56. The van der Waals surface area contributed by atoms with Crippen LogP contribution in [0.3, 0.4) is 0 Å². The lowest BCUT2D eigenvalue weighted by molar-refractivity contribution is -0.122. The van der Waals surface area contributed by atoms with E-state index in [0.29, 0.717) is 11.4 Å². The Morgan fingerprint density at radius 2 is 1.87 bits per heavy atom. The van der Waals surface area contributed by atoms with Crippen molar-refractivity contribution in [3.8, 4) is 5.75 Å². The molecule has 2 aromatic rings. The Bertz CT molecular complexity index is 1030. The zero-order chi connectivity index (χ0) is 22.6. The number of amides is 1. The van der Waals surface area contributed by atoms with Crippen LogP contribution in [0, 0.1) is 6.92 Å². The molecular formula is C21H26Cl2N2O4S. The number of sulfonamides is 1. The molecule has 0 aliphatic rings. The minimum Gasteiger partial charge on any atom is -0.496 e. The van der Waals surface area contributed by atoms with E-state index >= 15 is 0 Å². The van der Waals surface area contributed by atoms with E-state index in [9.17, 15) is 13.2 Å². The van der Waals surface area contributed by atoms with Crippen molar-refractivity contribution in [2.24, 2.45) is 0 Å². The summed E-state index contributed by atoms with van der Waals surface area (Å²) in [6.45, 7) is 5.38. The average Bonchev–Trinajstić information content (AvgIpc) is 2.67. The van der Waals surface area contributed by atoms with Crippen molar-refractivity contribution < 1.29 is 17.9 Å². The monoisotopic (exact) mass is 472 g/mol. The van der Waals surface area contributed by atoms with Crippen molar-refractivity contribution in [2.45, 2.75) is 39.3 Å². The maximum Gasteiger partial charge on any atom is 0.244 e. The summed E-state index contributed by atoms with van der Waals surface area (Å²) < 4.78 is 31.3. The van der Waals surface area contributed by atoms with Crippen LogP contribution < -0.4 is 14.4 Å². The molecule has 30 heavy (non-hydrogen) atoms. The molecule has 0 fully saturated rings. The van der Waals surface area contributed by atoms with E-state index < -0.39 is 22.0 Å². The summed E-state index contributed by atoms with van der Waals surface area (Å²) in [5.74, 6) is 0.309. The second kappa shape index (κ2) is 9.90. The van der Waals surface area contributed by atoms with Crippen LogP contribution in [-0.2, 0) is 14.8 Å². The molecule has 0 unspecified atom stereocenters. The summed E-state index contributed by atoms with van der Waals surface area (Å²) in [4.78, 5) is 13.0. The average molecular weight is 473 g/mol. The standard InChI is InChI=1S/C21H26Cl2N2O4S/c1-6-18(15-7-10-20(29-4)13(2)11-15)24-21(26)14(3)25(30(5,27)28)19-12-16(22)8-9-17(19)23/h7-12,14,18H,6H2,1-5H3,(H,24,26)/t14-,18+/m0/s1. The number of carbonyl (C=O) groups excluding carboxylic acids is 1. The van der Waals surface area contributed by atoms with Gasteiger partial charge in [0.05, 0.1) is 30.1 Å². The second-order valence-electron chi connectivity index (χ2n) is 7.03. The molecule has 0 radical (unpaired) electrons. The van der Waals surface area contributed by atoms with Gasteiger partial charge in [0, 0.05) is 5.02 Å². The van der Waals surface area contributed by atoms with Gasteiger partial charge >= 0.3 is 0 Å². The molecule has 2 rings (SSSR count). The SMILES string of the molecule is CC[C@@H](NC(=O)[C@H](C)N(c1cc(Cl)ccc1Cl)S(C)(=O)=O)c1ccc(OC)c(C)c1. The van der Waals surface area contributed by atoms with Gasteiger partial charge in [-0.05, 0) is 55.7 Å². The Kier molecular flexibility index (Phi) is 8.02. The Morgan fingerprint density at radius 3 is 2.40 bits per heavy atom. The van der Waals surface area contributed by atoms with E-state index in [2.05, 4.69) is 5.32 Å². The van der Waals surface area contributed by atoms with Gasteiger partial charge in [-0.15, -0.1) is 0 Å². The molecule has 9 heteroatoms. The first-order chi connectivity index (χ1) is 14.0. The first-order valence-electron chi connectivity index (χ1n) is 9.39. The minimum atomic E-state index is -3.81. The third-order valence-electron chi connectivity index (χ3n) is 4.78. The number of hydrogen-bond acceptors (Lipinski definition) is 4. The zero-order valence-electron chi connectivity index (χ0n) is 17.6. The molecule has 0 bridgehead atoms. The molecule has 2 atom stereocenters. The molecule has 1 amide bonds. The summed E-state index contributed by atoms with van der Waals surface area (Å²) in [5.41, 5.74) is 2.00. The molecule has 2 aromatic carbocycles. The van der Waals surface area contributed by atoms with E-state index in [4.69, 9.17) is 27.9 Å². The van der Waals surface area contributed by atoms with Crippen molar-refractivity contribution in [3.05, 3.63) is 57.6 Å². The topological polar surface area (TPSA) is 75.7 Å². The molecule has 0 spiro atoms. The summed E-state index contributed by atoms with van der Waals surface area (Å²) in [5, 5.41) is 3.44. The van der Waals surface area contributed by atoms with Gasteiger partial charge in [0.15, 0.2) is 0 Å². The van der Waals surface area contributed by atoms with Gasteiger partial charge in [-0.1, -0.05) is 42.3 Å². The largest absolute Gasteiger partial charge is 0.496 e. The molecule has 6 nitrogen and oxygen atoms in total. The number of carbonyl (C=O) groups is 1. The molecule has 1 N–H and O–H groups in total. The van der Waals surface area contributed by atoms with Crippen LogP contribution in [0.2, 0.25) is 10.0 Å².